The monoisotopic (exact) mass is 329 g/mol. The standard InChI is InChI=1S/C19H23NO4/c1-11-5-6-14(23-4)16-15(11)18-9-10-20(3)12(2)19(18,22)8-7-13(21)17(18)24-16/h5-8,12,17,22H,9-10H2,1-4H3/t12?,17-,18+,19+/m0/s1. The van der Waals surface area contributed by atoms with Crippen molar-refractivity contribution in [3.8, 4) is 11.5 Å². The van der Waals surface area contributed by atoms with Crippen LogP contribution in [0.5, 0.6) is 11.5 Å². The summed E-state index contributed by atoms with van der Waals surface area (Å²) in [5.41, 5.74) is 0.0122. The fourth-order valence-electron chi connectivity index (χ4n) is 4.85. The number of fused-ring (bicyclic) bond motifs is 1. The summed E-state index contributed by atoms with van der Waals surface area (Å²) >= 11 is 0. The predicted molar refractivity (Wildman–Crippen MR) is 89.6 cm³/mol. The zero-order chi connectivity index (χ0) is 17.3. The van der Waals surface area contributed by atoms with E-state index in [-0.39, 0.29) is 11.8 Å². The van der Waals surface area contributed by atoms with Gasteiger partial charge in [0, 0.05) is 11.6 Å². The van der Waals surface area contributed by atoms with Crippen LogP contribution in [-0.4, -0.2) is 54.2 Å². The Hall–Kier alpha value is -1.85. The molecule has 1 spiro atoms. The molecule has 0 amide bonds. The molecule has 2 aliphatic heterocycles. The minimum absolute atomic E-state index is 0.0888. The van der Waals surface area contributed by atoms with Crippen LogP contribution in [0, 0.1) is 6.92 Å². The topological polar surface area (TPSA) is 59.0 Å². The molecule has 1 saturated heterocycles. The second-order valence-electron chi connectivity index (χ2n) is 7.23. The largest absolute Gasteiger partial charge is 0.493 e. The second kappa shape index (κ2) is 4.83. The SMILES string of the molecule is COc1ccc(C)c2c1O[C@H]1C(=O)C=C[C@@]3(O)C(C)N(C)CC[C@@]213. The van der Waals surface area contributed by atoms with Crippen molar-refractivity contribution in [1.29, 1.82) is 0 Å². The molecule has 1 aromatic rings. The van der Waals surface area contributed by atoms with Crippen molar-refractivity contribution < 1.29 is 19.4 Å². The third kappa shape index (κ3) is 1.59. The van der Waals surface area contributed by atoms with Gasteiger partial charge in [0.2, 0.25) is 0 Å². The number of likely N-dealkylation sites (tertiary alicyclic amines) is 1. The van der Waals surface area contributed by atoms with Gasteiger partial charge < -0.3 is 19.5 Å². The summed E-state index contributed by atoms with van der Waals surface area (Å²) in [5, 5.41) is 11.7. The number of likely N-dealkylation sites (N-methyl/N-ethyl adjacent to an activating group) is 1. The molecule has 1 N–H and O–H groups in total. The molecule has 0 aromatic heterocycles. The van der Waals surface area contributed by atoms with Gasteiger partial charge in [0.05, 0.1) is 12.5 Å². The highest BCUT2D eigenvalue weighted by molar-refractivity contribution is 5.98. The number of hydrogen-bond acceptors (Lipinski definition) is 5. The zero-order valence-corrected chi connectivity index (χ0v) is 14.5. The number of nitrogens with zero attached hydrogens (tertiary/aromatic N) is 1. The summed E-state index contributed by atoms with van der Waals surface area (Å²) in [6.45, 7) is 4.80. The van der Waals surface area contributed by atoms with Crippen molar-refractivity contribution in [2.45, 2.75) is 43.4 Å². The summed E-state index contributed by atoms with van der Waals surface area (Å²) in [6, 6.07) is 3.71. The van der Waals surface area contributed by atoms with Gasteiger partial charge in [-0.05, 0) is 57.6 Å². The van der Waals surface area contributed by atoms with Crippen LogP contribution < -0.4 is 9.47 Å². The van der Waals surface area contributed by atoms with E-state index in [0.717, 1.165) is 17.7 Å². The number of aryl methyl sites for hydroxylation is 1. The van der Waals surface area contributed by atoms with E-state index < -0.39 is 17.1 Å². The average Bonchev–Trinajstić information content (AvgIpc) is 2.93. The van der Waals surface area contributed by atoms with Gasteiger partial charge in [0.15, 0.2) is 23.4 Å². The number of carbonyl (C=O) groups excluding carboxylic acids is 1. The van der Waals surface area contributed by atoms with Crippen molar-refractivity contribution in [2.75, 3.05) is 20.7 Å². The Morgan fingerprint density at radius 1 is 1.42 bits per heavy atom. The minimum atomic E-state index is -1.17. The van der Waals surface area contributed by atoms with Crippen LogP contribution in [0.2, 0.25) is 0 Å². The van der Waals surface area contributed by atoms with Gasteiger partial charge in [0.1, 0.15) is 5.60 Å². The molecule has 5 heteroatoms. The van der Waals surface area contributed by atoms with E-state index in [4.69, 9.17) is 9.47 Å². The molecule has 24 heavy (non-hydrogen) atoms. The lowest BCUT2D eigenvalue weighted by Gasteiger charge is -2.56. The third-order valence-corrected chi connectivity index (χ3v) is 6.31. The van der Waals surface area contributed by atoms with E-state index >= 15 is 0 Å². The van der Waals surface area contributed by atoms with Crippen molar-refractivity contribution >= 4 is 5.78 Å². The van der Waals surface area contributed by atoms with E-state index in [1.165, 1.54) is 6.08 Å². The first kappa shape index (κ1) is 15.7. The summed E-state index contributed by atoms with van der Waals surface area (Å²) in [6.07, 6.45) is 3.12. The van der Waals surface area contributed by atoms with Crippen LogP contribution in [0.1, 0.15) is 24.5 Å². The van der Waals surface area contributed by atoms with Crippen LogP contribution in [0.15, 0.2) is 24.3 Å². The van der Waals surface area contributed by atoms with E-state index in [1.54, 1.807) is 13.2 Å². The Balaban J connectivity index is 2.05. The highest BCUT2D eigenvalue weighted by Gasteiger charge is 2.68. The quantitative estimate of drug-likeness (QED) is 0.848. The van der Waals surface area contributed by atoms with Crippen LogP contribution in [0.4, 0.5) is 0 Å². The molecule has 4 atom stereocenters. The lowest BCUT2D eigenvalue weighted by molar-refractivity contribution is -0.146. The molecule has 1 aromatic carbocycles. The van der Waals surface area contributed by atoms with Gasteiger partial charge in [0.25, 0.3) is 0 Å². The Kier molecular flexibility index (Phi) is 3.15. The molecule has 128 valence electrons. The highest BCUT2D eigenvalue weighted by atomic mass is 16.5. The molecule has 4 rings (SSSR count). The number of ether oxygens (including phenoxy) is 2. The van der Waals surface area contributed by atoms with Crippen molar-refractivity contribution in [1.82, 2.24) is 4.90 Å². The fraction of sp³-hybridized carbons (Fsp3) is 0.526. The maximum Gasteiger partial charge on any atom is 0.196 e. The number of carbonyl (C=O) groups is 1. The number of methoxy groups -OCH3 is 1. The van der Waals surface area contributed by atoms with E-state index in [9.17, 15) is 9.90 Å². The number of ketones is 1. The molecule has 2 heterocycles. The number of rotatable bonds is 1. The Morgan fingerprint density at radius 3 is 2.88 bits per heavy atom. The molecule has 0 saturated carbocycles. The normalized spacial score (nSPS) is 37.5. The van der Waals surface area contributed by atoms with Gasteiger partial charge in [-0.15, -0.1) is 0 Å². The number of aliphatic hydroxyl groups is 1. The van der Waals surface area contributed by atoms with E-state index in [2.05, 4.69) is 4.90 Å². The number of piperidine rings is 1. The lowest BCUT2D eigenvalue weighted by Crippen LogP contribution is -2.71. The number of hydrogen-bond donors (Lipinski definition) is 1. The third-order valence-electron chi connectivity index (χ3n) is 6.31. The van der Waals surface area contributed by atoms with Crippen LogP contribution in [0.25, 0.3) is 0 Å². The summed E-state index contributed by atoms with van der Waals surface area (Å²) in [7, 11) is 3.60. The van der Waals surface area contributed by atoms with Gasteiger partial charge in [-0.1, -0.05) is 6.07 Å². The van der Waals surface area contributed by atoms with Crippen LogP contribution in [0.3, 0.4) is 0 Å². The first-order chi connectivity index (χ1) is 11.4. The molecule has 1 fully saturated rings. The lowest BCUT2D eigenvalue weighted by atomic mass is 9.55. The number of benzene rings is 1. The Labute approximate surface area is 141 Å². The molecule has 0 radical (unpaired) electrons. The molecule has 1 aliphatic carbocycles. The molecular weight excluding hydrogens is 306 g/mol. The molecule has 0 bridgehead atoms. The van der Waals surface area contributed by atoms with Gasteiger partial charge in [-0.25, -0.2) is 0 Å². The van der Waals surface area contributed by atoms with Crippen molar-refractivity contribution in [2.24, 2.45) is 0 Å². The molecular formula is C19H23NO4. The maximum atomic E-state index is 12.7. The predicted octanol–water partition coefficient (Wildman–Crippen LogP) is 1.60. The Morgan fingerprint density at radius 2 is 2.17 bits per heavy atom. The maximum absolute atomic E-state index is 12.7. The minimum Gasteiger partial charge on any atom is -0.493 e. The molecule has 5 nitrogen and oxygen atoms in total. The first-order valence-corrected chi connectivity index (χ1v) is 8.37. The van der Waals surface area contributed by atoms with Crippen molar-refractivity contribution in [3.63, 3.8) is 0 Å². The van der Waals surface area contributed by atoms with E-state index in [0.29, 0.717) is 17.9 Å². The van der Waals surface area contributed by atoms with Gasteiger partial charge >= 0.3 is 0 Å². The molecule has 1 unspecified atom stereocenters. The van der Waals surface area contributed by atoms with E-state index in [1.807, 2.05) is 33.0 Å². The smallest absolute Gasteiger partial charge is 0.196 e. The summed E-state index contributed by atoms with van der Waals surface area (Å²) < 4.78 is 11.6. The Bertz CT molecular complexity index is 758. The van der Waals surface area contributed by atoms with Crippen molar-refractivity contribution in [3.05, 3.63) is 35.4 Å². The second-order valence-corrected chi connectivity index (χ2v) is 7.23. The van der Waals surface area contributed by atoms with Gasteiger partial charge in [-0.2, -0.15) is 0 Å². The average molecular weight is 329 g/mol. The summed E-state index contributed by atoms with van der Waals surface area (Å²) in [4.78, 5) is 14.8. The molecule has 3 aliphatic rings. The zero-order valence-electron chi connectivity index (χ0n) is 14.5. The van der Waals surface area contributed by atoms with Crippen LogP contribution >= 0.6 is 0 Å². The van der Waals surface area contributed by atoms with Crippen LogP contribution in [-0.2, 0) is 10.2 Å². The van der Waals surface area contributed by atoms with Gasteiger partial charge in [-0.3, -0.25) is 4.79 Å². The summed E-state index contributed by atoms with van der Waals surface area (Å²) in [5.74, 6) is 1.13. The highest BCUT2D eigenvalue weighted by Crippen LogP contribution is 2.60. The fourth-order valence-corrected chi connectivity index (χ4v) is 4.85. The first-order valence-electron chi connectivity index (χ1n) is 8.37.